The van der Waals surface area contributed by atoms with Crippen molar-refractivity contribution >= 4 is 34.9 Å². The van der Waals surface area contributed by atoms with Crippen molar-refractivity contribution in [2.45, 2.75) is 50.1 Å². The van der Waals surface area contributed by atoms with E-state index in [0.717, 1.165) is 25.7 Å². The molecule has 0 aromatic heterocycles. The number of hydrogen-bond donors (Lipinski definition) is 3. The van der Waals surface area contributed by atoms with E-state index in [2.05, 4.69) is 5.32 Å². The molecule has 1 fully saturated rings. The van der Waals surface area contributed by atoms with Crippen LogP contribution in [0.1, 0.15) is 37.7 Å². The molecule has 0 radical (unpaired) electrons. The van der Waals surface area contributed by atoms with E-state index in [1.807, 2.05) is 0 Å². The fourth-order valence-electron chi connectivity index (χ4n) is 5.16. The number of phenolic OH excluding ortho intramolecular Hbond substituents is 1. The van der Waals surface area contributed by atoms with Crippen molar-refractivity contribution in [1.82, 2.24) is 5.32 Å². The fourth-order valence-corrected chi connectivity index (χ4v) is 5.16. The summed E-state index contributed by atoms with van der Waals surface area (Å²) in [4.78, 5) is 56.5. The van der Waals surface area contributed by atoms with Gasteiger partial charge in [0.25, 0.3) is 11.8 Å². The molecule has 0 saturated heterocycles. The molecule has 0 bridgehead atoms. The molecule has 36 heavy (non-hydrogen) atoms. The number of Topliss-reactive ketones (excluding diaryl/α,β-unsaturated/α-hetero) is 1. The Morgan fingerprint density at radius 3 is 2.06 bits per heavy atom. The molecule has 3 amide bonds. The van der Waals surface area contributed by atoms with Gasteiger partial charge < -0.3 is 26.0 Å². The number of ketones is 1. The van der Waals surface area contributed by atoms with Gasteiger partial charge in [-0.2, -0.15) is 0 Å². The Kier molecular flexibility index (Phi) is 7.12. The third-order valence-corrected chi connectivity index (χ3v) is 7.25. The van der Waals surface area contributed by atoms with Gasteiger partial charge in [-0.1, -0.05) is 37.1 Å². The summed E-state index contributed by atoms with van der Waals surface area (Å²) in [6.07, 6.45) is 4.33. The van der Waals surface area contributed by atoms with Gasteiger partial charge in [-0.05, 0) is 55.0 Å². The van der Waals surface area contributed by atoms with Gasteiger partial charge in [0.05, 0.1) is 17.4 Å². The average molecular weight is 493 g/mol. The second-order valence-corrected chi connectivity index (χ2v) is 9.73. The summed E-state index contributed by atoms with van der Waals surface area (Å²) in [6.45, 7) is 0. The van der Waals surface area contributed by atoms with Crippen molar-refractivity contribution in [3.63, 3.8) is 0 Å². The Bertz CT molecular complexity index is 1130. The summed E-state index contributed by atoms with van der Waals surface area (Å²) in [5.41, 5.74) is 5.43. The maximum absolute atomic E-state index is 14.0. The maximum atomic E-state index is 14.0. The number of rotatable bonds is 7. The van der Waals surface area contributed by atoms with Gasteiger partial charge in [0.1, 0.15) is 5.75 Å². The first-order valence-electron chi connectivity index (χ1n) is 12.2. The summed E-state index contributed by atoms with van der Waals surface area (Å²) in [7, 11) is 2.94. The number of benzene rings is 2. The zero-order chi connectivity index (χ0) is 26.0. The monoisotopic (exact) mass is 492 g/mol. The summed E-state index contributed by atoms with van der Waals surface area (Å²) in [5, 5.41) is 12.4. The third kappa shape index (κ3) is 4.70. The molecule has 1 saturated carbocycles. The molecule has 4 N–H and O–H groups in total. The Labute approximate surface area is 210 Å². The largest absolute Gasteiger partial charge is 0.508 e. The van der Waals surface area contributed by atoms with Crippen molar-refractivity contribution in [3.8, 4) is 5.75 Å². The third-order valence-electron chi connectivity index (χ3n) is 7.25. The molecule has 9 nitrogen and oxygen atoms in total. The molecule has 190 valence electrons. The van der Waals surface area contributed by atoms with Gasteiger partial charge in [-0.3, -0.25) is 19.2 Å². The molecule has 1 aliphatic carbocycles. The molecular formula is C27H32N4O5. The zero-order valence-corrected chi connectivity index (χ0v) is 20.6. The van der Waals surface area contributed by atoms with Gasteiger partial charge in [0.2, 0.25) is 11.4 Å². The van der Waals surface area contributed by atoms with Crippen molar-refractivity contribution in [2.24, 2.45) is 11.7 Å². The lowest BCUT2D eigenvalue weighted by Crippen LogP contribution is -2.71. The fraction of sp³-hybridized carbons (Fsp3) is 0.407. The van der Waals surface area contributed by atoms with E-state index in [9.17, 15) is 24.3 Å². The first-order chi connectivity index (χ1) is 17.1. The van der Waals surface area contributed by atoms with Crippen LogP contribution in [0.15, 0.2) is 48.5 Å². The number of hydrogen-bond acceptors (Lipinski definition) is 6. The molecule has 4 rings (SSSR count). The minimum atomic E-state index is -2.54. The number of phenols is 1. The first-order valence-corrected chi connectivity index (χ1v) is 12.2. The topological polar surface area (TPSA) is 133 Å². The van der Waals surface area contributed by atoms with Crippen LogP contribution in [0.25, 0.3) is 0 Å². The lowest BCUT2D eigenvalue weighted by molar-refractivity contribution is -0.143. The second kappa shape index (κ2) is 10.1. The molecule has 2 aromatic rings. The Hall–Kier alpha value is -3.72. The van der Waals surface area contributed by atoms with Crippen LogP contribution in [0.5, 0.6) is 5.75 Å². The maximum Gasteiger partial charge on any atom is 0.264 e. The predicted molar refractivity (Wildman–Crippen MR) is 136 cm³/mol. The van der Waals surface area contributed by atoms with Crippen LogP contribution in [0.4, 0.5) is 11.4 Å². The predicted octanol–water partition coefficient (Wildman–Crippen LogP) is 1.91. The number of nitrogens with one attached hydrogen (secondary N) is 1. The molecule has 2 aliphatic rings. The molecular weight excluding hydrogens is 460 g/mol. The van der Waals surface area contributed by atoms with Gasteiger partial charge in [-0.15, -0.1) is 0 Å². The molecule has 0 spiro atoms. The van der Waals surface area contributed by atoms with Gasteiger partial charge >= 0.3 is 0 Å². The molecule has 0 unspecified atom stereocenters. The molecule has 1 atom stereocenters. The Morgan fingerprint density at radius 2 is 1.53 bits per heavy atom. The van der Waals surface area contributed by atoms with Gasteiger partial charge in [0.15, 0.2) is 5.78 Å². The highest BCUT2D eigenvalue weighted by molar-refractivity contribution is 6.37. The normalized spacial score (nSPS) is 18.5. The van der Waals surface area contributed by atoms with E-state index in [0.29, 0.717) is 16.9 Å². The van der Waals surface area contributed by atoms with E-state index in [1.54, 1.807) is 36.4 Å². The lowest BCUT2D eigenvalue weighted by atomic mass is 9.85. The number of fused-ring (bicyclic) bond motifs is 1. The number of aromatic hydroxyl groups is 1. The zero-order valence-electron chi connectivity index (χ0n) is 20.6. The minimum absolute atomic E-state index is 0.00933. The van der Waals surface area contributed by atoms with E-state index < -0.39 is 29.2 Å². The highest BCUT2D eigenvalue weighted by atomic mass is 16.3. The number of para-hydroxylation sites is 2. The first kappa shape index (κ1) is 25.4. The second-order valence-electron chi connectivity index (χ2n) is 9.73. The van der Waals surface area contributed by atoms with Crippen LogP contribution in [-0.4, -0.2) is 54.3 Å². The quantitative estimate of drug-likeness (QED) is 0.506. The Morgan fingerprint density at radius 1 is 1.00 bits per heavy atom. The Balaban J connectivity index is 1.68. The standard InChI is InChI=1S/C27H32N4O5/c1-30-21-9-5-6-10-22(21)31(2)26(36)27(28,25(30)35)24(34)20(15-18-11-13-19(32)14-12-18)29-23(33)16-17-7-3-4-8-17/h5-6,9-14,17,20,32H,3-4,7-8,15-16,28H2,1-2H3,(H,29,33)/t20-/m0/s1. The van der Waals surface area contributed by atoms with Crippen LogP contribution in [0, 0.1) is 5.92 Å². The smallest absolute Gasteiger partial charge is 0.264 e. The number of nitrogens with two attached hydrogens (primary N) is 1. The van der Waals surface area contributed by atoms with E-state index in [4.69, 9.17) is 5.73 Å². The number of carbonyl (C=O) groups is 4. The molecule has 2 aromatic carbocycles. The number of carbonyl (C=O) groups excluding carboxylic acids is 4. The summed E-state index contributed by atoms with van der Waals surface area (Å²) in [6, 6.07) is 11.7. The summed E-state index contributed by atoms with van der Waals surface area (Å²) in [5.74, 6) is -2.63. The average Bonchev–Trinajstić information content (AvgIpc) is 3.38. The van der Waals surface area contributed by atoms with E-state index >= 15 is 0 Å². The number of likely N-dealkylation sites (N-methyl/N-ethyl adjacent to an activating group) is 2. The summed E-state index contributed by atoms with van der Waals surface area (Å²) < 4.78 is 0. The minimum Gasteiger partial charge on any atom is -0.508 e. The number of amides is 3. The highest BCUT2D eigenvalue weighted by Crippen LogP contribution is 2.34. The van der Waals surface area contributed by atoms with Crippen LogP contribution in [0.2, 0.25) is 0 Å². The number of anilines is 2. The van der Waals surface area contributed by atoms with Crippen molar-refractivity contribution < 1.29 is 24.3 Å². The van der Waals surface area contributed by atoms with Crippen molar-refractivity contribution in [3.05, 3.63) is 54.1 Å². The highest BCUT2D eigenvalue weighted by Gasteiger charge is 2.56. The lowest BCUT2D eigenvalue weighted by Gasteiger charge is -2.32. The molecule has 1 aliphatic heterocycles. The van der Waals surface area contributed by atoms with E-state index in [-0.39, 0.29) is 30.4 Å². The van der Waals surface area contributed by atoms with Crippen LogP contribution in [0.3, 0.4) is 0 Å². The molecule has 1 heterocycles. The molecule has 9 heteroatoms. The van der Waals surface area contributed by atoms with Crippen molar-refractivity contribution in [2.75, 3.05) is 23.9 Å². The van der Waals surface area contributed by atoms with Crippen molar-refractivity contribution in [1.29, 1.82) is 0 Å². The SMILES string of the molecule is CN1C(=O)C(N)(C(=O)[C@H](Cc2ccc(O)cc2)NC(=O)CC2CCCC2)C(=O)N(C)c2ccccc21. The van der Waals surface area contributed by atoms with E-state index in [1.165, 1.54) is 36.0 Å². The summed E-state index contributed by atoms with van der Waals surface area (Å²) >= 11 is 0. The van der Waals surface area contributed by atoms with Gasteiger partial charge in [-0.25, -0.2) is 0 Å². The van der Waals surface area contributed by atoms with Crippen LogP contribution in [-0.2, 0) is 25.6 Å². The van der Waals surface area contributed by atoms with Crippen LogP contribution >= 0.6 is 0 Å². The van der Waals surface area contributed by atoms with Gasteiger partial charge in [0, 0.05) is 20.5 Å². The van der Waals surface area contributed by atoms with Crippen LogP contribution < -0.4 is 20.9 Å². The number of nitrogens with zero attached hydrogens (tertiary/aromatic N) is 2.